The molecule has 184 valence electrons. The summed E-state index contributed by atoms with van der Waals surface area (Å²) in [6, 6.07) is 18.6. The molecule has 4 aromatic rings. The predicted octanol–water partition coefficient (Wildman–Crippen LogP) is 6.30. The van der Waals surface area contributed by atoms with E-state index in [-0.39, 0.29) is 17.1 Å². The van der Waals surface area contributed by atoms with Crippen molar-refractivity contribution in [3.8, 4) is 17.0 Å². The Morgan fingerprint density at radius 2 is 1.61 bits per heavy atom. The average Bonchev–Trinajstić information content (AvgIpc) is 3.26. The number of hydrogen-bond acceptors (Lipinski definition) is 5. The topological polar surface area (TPSA) is 84.7 Å². The molecule has 0 bridgehead atoms. The number of hydrogen-bond donors (Lipinski definition) is 1. The minimum Gasteiger partial charge on any atom is -0.505 e. The summed E-state index contributed by atoms with van der Waals surface area (Å²) in [7, 11) is 0. The molecular weight excluding hydrogens is 468 g/mol. The molecule has 0 saturated carbocycles. The molecule has 9 heteroatoms. The van der Waals surface area contributed by atoms with E-state index in [1.807, 2.05) is 6.07 Å². The molecule has 0 aliphatic rings. The molecule has 1 N–H and O–H groups in total. The Kier molecular flexibility index (Phi) is 6.57. The third-order valence-electron chi connectivity index (χ3n) is 5.04. The summed E-state index contributed by atoms with van der Waals surface area (Å²) >= 11 is 0. The lowest BCUT2D eigenvalue weighted by molar-refractivity contribution is 0.0517. The molecule has 36 heavy (non-hydrogen) atoms. The van der Waals surface area contributed by atoms with Gasteiger partial charge in [-0.25, -0.2) is 13.6 Å². The maximum atomic E-state index is 13.8. The van der Waals surface area contributed by atoms with Crippen LogP contribution >= 0.6 is 0 Å². The Balaban J connectivity index is 1.90. The Labute approximate surface area is 206 Å². The van der Waals surface area contributed by atoms with Crippen molar-refractivity contribution in [2.75, 3.05) is 4.90 Å². The van der Waals surface area contributed by atoms with Crippen molar-refractivity contribution in [3.05, 3.63) is 96.1 Å². The van der Waals surface area contributed by atoms with Crippen molar-refractivity contribution in [2.24, 2.45) is 0 Å². The van der Waals surface area contributed by atoms with Crippen LogP contribution in [0.1, 0.15) is 31.1 Å². The fourth-order valence-electron chi connectivity index (χ4n) is 3.45. The summed E-state index contributed by atoms with van der Waals surface area (Å²) in [5.41, 5.74) is 0.329. The Morgan fingerprint density at radius 1 is 0.944 bits per heavy atom. The van der Waals surface area contributed by atoms with Crippen LogP contribution in [-0.2, 0) is 4.74 Å². The first-order valence-corrected chi connectivity index (χ1v) is 11.0. The summed E-state index contributed by atoms with van der Waals surface area (Å²) < 4.78 is 33.8. The summed E-state index contributed by atoms with van der Waals surface area (Å²) in [5, 5.41) is 14.3. The number of rotatable bonds is 4. The quantitative estimate of drug-likeness (QED) is 0.362. The van der Waals surface area contributed by atoms with E-state index in [1.54, 1.807) is 45.0 Å². The minimum absolute atomic E-state index is 0.0000420. The van der Waals surface area contributed by atoms with E-state index in [0.29, 0.717) is 11.3 Å². The molecule has 0 atom stereocenters. The largest absolute Gasteiger partial charge is 0.505 e. The molecule has 0 fully saturated rings. The zero-order valence-electron chi connectivity index (χ0n) is 19.8. The number of aromatic nitrogens is 2. The first-order chi connectivity index (χ1) is 17.0. The van der Waals surface area contributed by atoms with Gasteiger partial charge in [0.15, 0.2) is 17.4 Å². The molecule has 0 spiro atoms. The number of carbonyl (C=O) groups excluding carboxylic acids is 2. The fraction of sp³-hybridized carbons (Fsp3) is 0.148. The fourth-order valence-corrected chi connectivity index (χ4v) is 3.45. The lowest BCUT2D eigenvalue weighted by atomic mass is 10.1. The molecule has 0 radical (unpaired) electrons. The Hall–Kier alpha value is -4.53. The third kappa shape index (κ3) is 5.25. The molecule has 7 nitrogen and oxygen atoms in total. The highest BCUT2D eigenvalue weighted by molar-refractivity contribution is 6.10. The van der Waals surface area contributed by atoms with Crippen LogP contribution in [0.15, 0.2) is 78.9 Å². The van der Waals surface area contributed by atoms with E-state index in [4.69, 9.17) is 4.74 Å². The van der Waals surface area contributed by atoms with E-state index in [2.05, 4.69) is 5.10 Å². The van der Waals surface area contributed by atoms with Crippen molar-refractivity contribution in [2.45, 2.75) is 26.4 Å². The van der Waals surface area contributed by atoms with Crippen molar-refractivity contribution < 1.29 is 28.2 Å². The highest BCUT2D eigenvalue weighted by Crippen LogP contribution is 2.33. The van der Waals surface area contributed by atoms with Crippen LogP contribution in [0.5, 0.6) is 5.75 Å². The molecule has 0 unspecified atom stereocenters. The van der Waals surface area contributed by atoms with Gasteiger partial charge in [-0.05, 0) is 57.2 Å². The molecule has 1 amide bonds. The Bertz CT molecular complexity index is 1410. The first kappa shape index (κ1) is 24.6. The molecule has 1 aromatic heterocycles. The van der Waals surface area contributed by atoms with Crippen LogP contribution in [0.2, 0.25) is 0 Å². The highest BCUT2D eigenvalue weighted by Gasteiger charge is 2.28. The van der Waals surface area contributed by atoms with Gasteiger partial charge in [0.2, 0.25) is 0 Å². The minimum atomic E-state index is -0.878. The van der Waals surface area contributed by atoms with Gasteiger partial charge < -0.3 is 9.84 Å². The normalized spacial score (nSPS) is 11.2. The summed E-state index contributed by atoms with van der Waals surface area (Å²) in [6.07, 6.45) is -0.774. The number of anilines is 2. The second-order valence-electron chi connectivity index (χ2n) is 8.93. The van der Waals surface area contributed by atoms with Gasteiger partial charge in [0.25, 0.3) is 5.91 Å². The van der Waals surface area contributed by atoms with E-state index >= 15 is 0 Å². The van der Waals surface area contributed by atoms with E-state index in [1.165, 1.54) is 24.3 Å². The number of phenols is 1. The first-order valence-electron chi connectivity index (χ1n) is 11.0. The molecule has 0 aliphatic carbocycles. The highest BCUT2D eigenvalue weighted by atomic mass is 19.1. The zero-order valence-corrected chi connectivity index (χ0v) is 19.8. The third-order valence-corrected chi connectivity index (χ3v) is 5.04. The number of ether oxygens (including phenoxy) is 1. The van der Waals surface area contributed by atoms with Gasteiger partial charge in [-0.3, -0.25) is 9.69 Å². The van der Waals surface area contributed by atoms with Gasteiger partial charge in [0.1, 0.15) is 11.4 Å². The summed E-state index contributed by atoms with van der Waals surface area (Å²) in [4.78, 5) is 27.7. The molecule has 0 saturated heterocycles. The standard InChI is InChI=1S/C27H23F2N3O4/c1-27(2,3)36-26(35)32-22(17-7-5-4-6-8-17)16-24(30-32)31(20-13-14-21(29)23(33)15-20)25(34)18-9-11-19(28)12-10-18/h4-16,33H,1-3H3. The van der Waals surface area contributed by atoms with Crippen LogP contribution in [0.3, 0.4) is 0 Å². The smallest absolute Gasteiger partial charge is 0.435 e. The molecule has 4 rings (SSSR count). The van der Waals surface area contributed by atoms with Crippen molar-refractivity contribution in [1.82, 2.24) is 9.78 Å². The van der Waals surface area contributed by atoms with Gasteiger partial charge in [0.05, 0.1) is 11.4 Å². The number of phenolic OH excluding ortho intramolecular Hbond substituents is 1. The van der Waals surface area contributed by atoms with Crippen molar-refractivity contribution in [3.63, 3.8) is 0 Å². The van der Waals surface area contributed by atoms with Crippen LogP contribution in [0.4, 0.5) is 25.1 Å². The Morgan fingerprint density at radius 3 is 2.22 bits per heavy atom. The van der Waals surface area contributed by atoms with E-state index in [0.717, 1.165) is 33.8 Å². The van der Waals surface area contributed by atoms with E-state index in [9.17, 15) is 23.5 Å². The molecule has 0 aliphatic heterocycles. The number of amides is 1. The number of benzene rings is 3. The second kappa shape index (κ2) is 9.61. The zero-order chi connectivity index (χ0) is 26.0. The average molecular weight is 491 g/mol. The number of nitrogens with zero attached hydrogens (tertiary/aromatic N) is 3. The van der Waals surface area contributed by atoms with Crippen molar-refractivity contribution in [1.29, 1.82) is 0 Å². The van der Waals surface area contributed by atoms with Crippen molar-refractivity contribution >= 4 is 23.5 Å². The SMILES string of the molecule is CC(C)(C)OC(=O)n1nc(N(C(=O)c2ccc(F)cc2)c2ccc(F)c(O)c2)cc1-c1ccccc1. The molecule has 3 aromatic carbocycles. The van der Waals surface area contributed by atoms with Gasteiger partial charge in [-0.15, -0.1) is 5.10 Å². The van der Waals surface area contributed by atoms with Gasteiger partial charge in [-0.2, -0.15) is 4.68 Å². The van der Waals surface area contributed by atoms with Gasteiger partial charge in [-0.1, -0.05) is 30.3 Å². The van der Waals surface area contributed by atoms with Crippen LogP contribution < -0.4 is 4.90 Å². The maximum absolute atomic E-state index is 13.8. The van der Waals surface area contributed by atoms with E-state index < -0.39 is 35.0 Å². The van der Waals surface area contributed by atoms with Crippen LogP contribution in [0.25, 0.3) is 11.3 Å². The van der Waals surface area contributed by atoms with Crippen LogP contribution in [-0.4, -0.2) is 32.5 Å². The lowest BCUT2D eigenvalue weighted by Crippen LogP contribution is -2.29. The monoisotopic (exact) mass is 491 g/mol. The number of aromatic hydroxyl groups is 1. The summed E-state index contributed by atoms with van der Waals surface area (Å²) in [6.45, 7) is 5.13. The maximum Gasteiger partial charge on any atom is 0.435 e. The van der Waals surface area contributed by atoms with Gasteiger partial charge >= 0.3 is 6.09 Å². The van der Waals surface area contributed by atoms with Crippen LogP contribution in [0, 0.1) is 11.6 Å². The predicted molar refractivity (Wildman–Crippen MR) is 130 cm³/mol. The van der Waals surface area contributed by atoms with Gasteiger partial charge in [0, 0.05) is 23.3 Å². The summed E-state index contributed by atoms with van der Waals surface area (Å²) in [5.74, 6) is -2.73. The lowest BCUT2D eigenvalue weighted by Gasteiger charge is -2.21. The molecular formula is C27H23F2N3O4. The number of carbonyl (C=O) groups is 2. The second-order valence-corrected chi connectivity index (χ2v) is 8.93. The molecule has 1 heterocycles. The number of halogens is 2.